The highest BCUT2D eigenvalue weighted by molar-refractivity contribution is 7.80. The van der Waals surface area contributed by atoms with Crippen molar-refractivity contribution in [3.8, 4) is 0 Å². The second kappa shape index (κ2) is 16.0. The van der Waals surface area contributed by atoms with E-state index in [1.54, 1.807) is 12.1 Å². The van der Waals surface area contributed by atoms with Crippen LogP contribution < -0.4 is 32.3 Å². The lowest BCUT2D eigenvalue weighted by Crippen LogP contribution is -2.47. The van der Waals surface area contributed by atoms with Crippen LogP contribution >= 0.6 is 24.4 Å². The van der Waals surface area contributed by atoms with Gasteiger partial charge in [0.25, 0.3) is 5.91 Å². The van der Waals surface area contributed by atoms with Crippen LogP contribution in [0.2, 0.25) is 0 Å². The summed E-state index contributed by atoms with van der Waals surface area (Å²) in [7, 11) is 1.31. The van der Waals surface area contributed by atoms with Gasteiger partial charge in [0.2, 0.25) is 0 Å². The van der Waals surface area contributed by atoms with E-state index in [0.29, 0.717) is 53.9 Å². The van der Waals surface area contributed by atoms with Crippen molar-refractivity contribution in [2.75, 3.05) is 20.2 Å². The highest BCUT2D eigenvalue weighted by Gasteiger charge is 2.22. The van der Waals surface area contributed by atoms with Crippen LogP contribution in [0.3, 0.4) is 0 Å². The molecule has 1 atom stereocenters. The summed E-state index contributed by atoms with van der Waals surface area (Å²) in [5, 5.41) is 16.8. The van der Waals surface area contributed by atoms with Crippen LogP contribution in [-0.2, 0) is 22.5 Å². The quantitative estimate of drug-likeness (QED) is 0.135. The van der Waals surface area contributed by atoms with E-state index in [-0.39, 0.29) is 5.91 Å². The molecule has 0 aliphatic heterocycles. The van der Waals surface area contributed by atoms with Gasteiger partial charge in [-0.3, -0.25) is 4.79 Å². The molecule has 2 aromatic carbocycles. The summed E-state index contributed by atoms with van der Waals surface area (Å²) in [5.74, 6) is -0.832. The number of rotatable bonds is 11. The first-order valence-electron chi connectivity index (χ1n) is 13.2. The minimum atomic E-state index is -0.777. The van der Waals surface area contributed by atoms with E-state index in [0.717, 1.165) is 36.8 Å². The molecule has 1 saturated carbocycles. The van der Waals surface area contributed by atoms with Crippen LogP contribution in [0, 0.1) is 0 Å². The molecule has 2 aromatic rings. The summed E-state index contributed by atoms with van der Waals surface area (Å²) in [5.41, 5.74) is 8.29. The lowest BCUT2D eigenvalue weighted by atomic mass is 9.92. The first kappa shape index (κ1) is 30.3. The Bertz CT molecular complexity index is 1090. The van der Waals surface area contributed by atoms with Crippen molar-refractivity contribution in [2.24, 2.45) is 5.73 Å². The molecule has 0 unspecified atom stereocenters. The fraction of sp³-hybridized carbons (Fsp3) is 0.429. The SMILES string of the molecule is COC(=O)[C@H](Cc1ccccc1)NC(=O)c1ccc(CNC(=S)NCCNC(=S)NC2CCC(N)CC2)cc1. The zero-order valence-electron chi connectivity index (χ0n) is 22.2. The Morgan fingerprint density at radius 3 is 2.18 bits per heavy atom. The van der Waals surface area contributed by atoms with Gasteiger partial charge < -0.3 is 37.1 Å². The summed E-state index contributed by atoms with van der Waals surface area (Å²) in [6, 6.07) is 16.5. The zero-order chi connectivity index (χ0) is 28.0. The summed E-state index contributed by atoms with van der Waals surface area (Å²) >= 11 is 10.7. The maximum Gasteiger partial charge on any atom is 0.328 e. The molecule has 0 bridgehead atoms. The Hall–Kier alpha value is -3.28. The molecule has 1 aliphatic rings. The average molecular weight is 571 g/mol. The predicted molar refractivity (Wildman–Crippen MR) is 161 cm³/mol. The largest absolute Gasteiger partial charge is 0.467 e. The normalized spacial score (nSPS) is 17.3. The van der Waals surface area contributed by atoms with Gasteiger partial charge in [-0.1, -0.05) is 42.5 Å². The van der Waals surface area contributed by atoms with E-state index in [2.05, 4.69) is 26.6 Å². The summed E-state index contributed by atoms with van der Waals surface area (Å²) < 4.78 is 4.88. The van der Waals surface area contributed by atoms with Crippen LogP contribution in [-0.4, -0.2) is 60.4 Å². The zero-order valence-corrected chi connectivity index (χ0v) is 23.8. The molecule has 3 rings (SSSR count). The lowest BCUT2D eigenvalue weighted by Gasteiger charge is -2.27. The maximum atomic E-state index is 12.8. The molecule has 1 aliphatic carbocycles. The molecule has 0 heterocycles. The summed E-state index contributed by atoms with van der Waals surface area (Å²) in [6.45, 7) is 1.76. The Morgan fingerprint density at radius 2 is 1.54 bits per heavy atom. The molecular weight excluding hydrogens is 532 g/mol. The molecule has 1 amide bonds. The minimum Gasteiger partial charge on any atom is -0.467 e. The smallest absolute Gasteiger partial charge is 0.328 e. The Labute approximate surface area is 241 Å². The average Bonchev–Trinajstić information content (AvgIpc) is 2.95. The van der Waals surface area contributed by atoms with Gasteiger partial charge in [-0.25, -0.2) is 4.79 Å². The molecule has 0 spiro atoms. The van der Waals surface area contributed by atoms with Crippen molar-refractivity contribution < 1.29 is 14.3 Å². The molecule has 9 nitrogen and oxygen atoms in total. The maximum absolute atomic E-state index is 12.8. The van der Waals surface area contributed by atoms with Crippen molar-refractivity contribution in [1.82, 2.24) is 26.6 Å². The number of hydrogen-bond donors (Lipinski definition) is 6. The van der Waals surface area contributed by atoms with E-state index < -0.39 is 12.0 Å². The standard InChI is InChI=1S/C28H38N6O3S2/c1-37-26(36)24(17-19-5-3-2-4-6-19)34-25(35)21-9-7-20(8-10-21)18-32-27(38)30-15-16-31-28(39)33-23-13-11-22(29)12-14-23/h2-10,22-24H,11-18,29H2,1H3,(H,34,35)(H2,30,32,38)(H2,31,33,39)/t22?,23?,24-/m0/s1. The third kappa shape index (κ3) is 10.8. The first-order chi connectivity index (χ1) is 18.8. The molecular formula is C28H38N6O3S2. The second-order valence-corrected chi connectivity index (χ2v) is 10.4. The van der Waals surface area contributed by atoms with Crippen LogP contribution in [0.4, 0.5) is 0 Å². The van der Waals surface area contributed by atoms with Crippen molar-refractivity contribution in [3.63, 3.8) is 0 Å². The minimum absolute atomic E-state index is 0.315. The van der Waals surface area contributed by atoms with E-state index in [9.17, 15) is 9.59 Å². The third-order valence-corrected chi connectivity index (χ3v) is 7.10. The van der Waals surface area contributed by atoms with E-state index >= 15 is 0 Å². The highest BCUT2D eigenvalue weighted by atomic mass is 32.1. The van der Waals surface area contributed by atoms with Gasteiger partial charge >= 0.3 is 5.97 Å². The number of carbonyl (C=O) groups is 2. The van der Waals surface area contributed by atoms with E-state index in [1.165, 1.54) is 7.11 Å². The Morgan fingerprint density at radius 1 is 0.897 bits per heavy atom. The van der Waals surface area contributed by atoms with Gasteiger partial charge in [-0.2, -0.15) is 0 Å². The summed E-state index contributed by atoms with van der Waals surface area (Å²) in [4.78, 5) is 25.0. The van der Waals surface area contributed by atoms with Crippen molar-refractivity contribution in [2.45, 2.75) is 56.8 Å². The third-order valence-electron chi connectivity index (χ3n) is 6.55. The van der Waals surface area contributed by atoms with Gasteiger partial charge in [0.15, 0.2) is 10.2 Å². The van der Waals surface area contributed by atoms with E-state index in [4.69, 9.17) is 34.9 Å². The van der Waals surface area contributed by atoms with Gasteiger partial charge in [-0.15, -0.1) is 0 Å². The fourth-order valence-corrected chi connectivity index (χ4v) is 4.74. The lowest BCUT2D eigenvalue weighted by molar-refractivity contribution is -0.142. The van der Waals surface area contributed by atoms with Crippen LogP contribution in [0.1, 0.15) is 47.2 Å². The number of ether oxygens (including phenoxy) is 1. The number of esters is 1. The molecule has 7 N–H and O–H groups in total. The van der Waals surface area contributed by atoms with Gasteiger partial charge in [0.1, 0.15) is 6.04 Å². The van der Waals surface area contributed by atoms with E-state index in [1.807, 2.05) is 42.5 Å². The number of benzene rings is 2. The number of methoxy groups -OCH3 is 1. The predicted octanol–water partition coefficient (Wildman–Crippen LogP) is 1.90. The molecule has 39 heavy (non-hydrogen) atoms. The summed E-state index contributed by atoms with van der Waals surface area (Å²) in [6.07, 6.45) is 4.50. The topological polar surface area (TPSA) is 130 Å². The van der Waals surface area contributed by atoms with Gasteiger partial charge in [0.05, 0.1) is 7.11 Å². The van der Waals surface area contributed by atoms with Gasteiger partial charge in [-0.05, 0) is 73.4 Å². The molecule has 0 radical (unpaired) electrons. The molecule has 210 valence electrons. The molecule has 11 heteroatoms. The van der Waals surface area contributed by atoms with Crippen molar-refractivity contribution >= 4 is 46.5 Å². The number of nitrogens with one attached hydrogen (secondary N) is 5. The monoisotopic (exact) mass is 570 g/mol. The highest BCUT2D eigenvalue weighted by Crippen LogP contribution is 2.16. The van der Waals surface area contributed by atoms with Crippen LogP contribution in [0.5, 0.6) is 0 Å². The fourth-order valence-electron chi connectivity index (χ4n) is 4.30. The van der Waals surface area contributed by atoms with Gasteiger partial charge in [0, 0.05) is 43.7 Å². The molecule has 0 saturated heterocycles. The molecule has 0 aromatic heterocycles. The first-order valence-corrected chi connectivity index (χ1v) is 14.0. The number of amides is 1. The number of nitrogens with two attached hydrogens (primary N) is 1. The molecule has 1 fully saturated rings. The Kier molecular flexibility index (Phi) is 12.4. The number of carbonyl (C=O) groups excluding carboxylic acids is 2. The Balaban J connectivity index is 1.35. The number of hydrogen-bond acceptors (Lipinski definition) is 6. The van der Waals surface area contributed by atoms with Crippen LogP contribution in [0.25, 0.3) is 0 Å². The van der Waals surface area contributed by atoms with Crippen LogP contribution in [0.15, 0.2) is 54.6 Å². The number of thiocarbonyl (C=S) groups is 2. The van der Waals surface area contributed by atoms with Crippen molar-refractivity contribution in [1.29, 1.82) is 0 Å². The van der Waals surface area contributed by atoms with Crippen molar-refractivity contribution in [3.05, 3.63) is 71.3 Å². The second-order valence-electron chi connectivity index (χ2n) is 9.56.